The molecule has 1 unspecified atom stereocenters. The average Bonchev–Trinajstić information content (AvgIpc) is 2.83. The van der Waals surface area contributed by atoms with Gasteiger partial charge < -0.3 is 4.18 Å². The van der Waals surface area contributed by atoms with Crippen LogP contribution in [0.1, 0.15) is 125 Å². The molecule has 2 saturated carbocycles. The van der Waals surface area contributed by atoms with Crippen LogP contribution in [0.5, 0.6) is 5.75 Å². The third kappa shape index (κ3) is 7.08. The number of rotatable bonds is 11. The first-order chi connectivity index (χ1) is 17.6. The van der Waals surface area contributed by atoms with Crippen LogP contribution in [0.4, 0.5) is 8.78 Å². The maximum atomic E-state index is 15.1. The van der Waals surface area contributed by atoms with Crippen LogP contribution in [0.3, 0.4) is 0 Å². The van der Waals surface area contributed by atoms with Crippen LogP contribution in [-0.2, 0) is 29.8 Å². The molecule has 2 aliphatic rings. The SMILES string of the molecule is CCCC(C)c1cc(C2CCCCC2)c(OS(=O)(=O)C(F)(F)S(=O)(=O)CS(C)(=O)=O)c(C2CCCCC2)c1. The second kappa shape index (κ2) is 12.1. The Bertz CT molecular complexity index is 1260. The Balaban J connectivity index is 2.20. The molecule has 3 rings (SSSR count). The normalized spacial score (nSPS) is 19.8. The molecule has 0 heterocycles. The van der Waals surface area contributed by atoms with E-state index in [9.17, 15) is 25.3 Å². The molecule has 0 spiro atoms. The number of hydrogen-bond donors (Lipinski definition) is 0. The third-order valence-electron chi connectivity index (χ3n) is 7.76. The summed E-state index contributed by atoms with van der Waals surface area (Å²) in [6.07, 6.45) is 10.9. The average molecular weight is 599 g/mol. The zero-order valence-electron chi connectivity index (χ0n) is 22.4. The minimum atomic E-state index is -6.09. The first kappa shape index (κ1) is 31.3. The van der Waals surface area contributed by atoms with Crippen LogP contribution in [0.25, 0.3) is 0 Å². The van der Waals surface area contributed by atoms with Gasteiger partial charge in [0.05, 0.1) is 0 Å². The largest absolute Gasteiger partial charge is 0.482 e. The van der Waals surface area contributed by atoms with Crippen LogP contribution in [0.15, 0.2) is 12.1 Å². The van der Waals surface area contributed by atoms with Gasteiger partial charge in [-0.15, -0.1) is 0 Å². The molecule has 1 atom stereocenters. The van der Waals surface area contributed by atoms with Gasteiger partial charge in [-0.05, 0) is 66.5 Å². The van der Waals surface area contributed by atoms with Gasteiger partial charge in [-0.2, -0.15) is 17.2 Å². The first-order valence-corrected chi connectivity index (χ1v) is 18.6. The lowest BCUT2D eigenvalue weighted by molar-refractivity contribution is 0.168. The summed E-state index contributed by atoms with van der Waals surface area (Å²) < 4.78 is 104. The fourth-order valence-corrected chi connectivity index (χ4v) is 10.9. The summed E-state index contributed by atoms with van der Waals surface area (Å²) in [6, 6.07) is 3.72. The molecule has 0 bridgehead atoms. The topological polar surface area (TPSA) is 112 Å². The molecular formula is C26H40F2O7S3. The van der Waals surface area contributed by atoms with E-state index >= 15 is 8.78 Å². The monoisotopic (exact) mass is 598 g/mol. The third-order valence-corrected chi connectivity index (χ3v) is 13.8. The lowest BCUT2D eigenvalue weighted by Gasteiger charge is -2.31. The van der Waals surface area contributed by atoms with Crippen LogP contribution in [0.2, 0.25) is 0 Å². The van der Waals surface area contributed by atoms with Crippen LogP contribution in [0, 0.1) is 0 Å². The molecule has 2 fully saturated rings. The zero-order chi connectivity index (χ0) is 28.4. The standard InChI is InChI=1S/C26H40F2O7S3/c1-4-11-19(2)22-16-23(20-12-7-5-8-13-20)25(24(17-22)21-14-9-6-10-15-21)35-38(33,34)26(27,28)37(31,32)18-36(3,29)30/h16-17,19-21H,4-15,18H2,1-3H3. The maximum absolute atomic E-state index is 15.1. The molecule has 12 heteroatoms. The predicted molar refractivity (Wildman–Crippen MR) is 145 cm³/mol. The molecule has 218 valence electrons. The fraction of sp³-hybridized carbons (Fsp3) is 0.769. The quantitative estimate of drug-likeness (QED) is 0.272. The summed E-state index contributed by atoms with van der Waals surface area (Å²) in [5, 5.41) is -2.01. The number of hydrogen-bond acceptors (Lipinski definition) is 7. The van der Waals surface area contributed by atoms with Crippen molar-refractivity contribution < 1.29 is 38.2 Å². The van der Waals surface area contributed by atoms with Crippen molar-refractivity contribution >= 4 is 29.8 Å². The molecule has 38 heavy (non-hydrogen) atoms. The number of alkyl halides is 2. The highest BCUT2D eigenvalue weighted by Crippen LogP contribution is 2.48. The Morgan fingerprint density at radius 2 is 1.32 bits per heavy atom. The lowest BCUT2D eigenvalue weighted by atomic mass is 9.77. The molecule has 0 saturated heterocycles. The highest BCUT2D eigenvalue weighted by molar-refractivity contribution is 8.14. The van der Waals surface area contributed by atoms with Gasteiger partial charge in [0, 0.05) is 6.26 Å². The smallest absolute Gasteiger partial charge is 0.377 e. The molecule has 0 radical (unpaired) electrons. The lowest BCUT2D eigenvalue weighted by Crippen LogP contribution is -2.43. The van der Waals surface area contributed by atoms with Crippen molar-refractivity contribution in [2.24, 2.45) is 0 Å². The Morgan fingerprint density at radius 3 is 1.71 bits per heavy atom. The van der Waals surface area contributed by atoms with Crippen molar-refractivity contribution in [3.05, 3.63) is 28.8 Å². The van der Waals surface area contributed by atoms with E-state index < -0.39 is 39.5 Å². The summed E-state index contributed by atoms with van der Waals surface area (Å²) in [5.41, 5.74) is 2.06. The van der Waals surface area contributed by atoms with E-state index in [-0.39, 0.29) is 23.5 Å². The van der Waals surface area contributed by atoms with Gasteiger partial charge >= 0.3 is 14.7 Å². The molecule has 0 aromatic heterocycles. The Kier molecular flexibility index (Phi) is 9.94. The molecule has 0 N–H and O–H groups in total. The van der Waals surface area contributed by atoms with Gasteiger partial charge in [-0.3, -0.25) is 0 Å². The molecule has 7 nitrogen and oxygen atoms in total. The van der Waals surface area contributed by atoms with E-state index in [4.69, 9.17) is 4.18 Å². The van der Waals surface area contributed by atoms with Crippen molar-refractivity contribution in [3.8, 4) is 5.75 Å². The summed E-state index contributed by atoms with van der Waals surface area (Å²) in [6.45, 7) is 4.15. The Morgan fingerprint density at radius 1 is 0.868 bits per heavy atom. The predicted octanol–water partition coefficient (Wildman–Crippen LogP) is 6.36. The van der Waals surface area contributed by atoms with Gasteiger partial charge in [0.15, 0.2) is 14.9 Å². The zero-order valence-corrected chi connectivity index (χ0v) is 24.9. The molecule has 0 amide bonds. The van der Waals surface area contributed by atoms with Crippen molar-refractivity contribution in [2.75, 3.05) is 11.3 Å². The second-order valence-electron chi connectivity index (χ2n) is 11.0. The summed E-state index contributed by atoms with van der Waals surface area (Å²) in [5.74, 6) is -0.241. The molecule has 2 aliphatic carbocycles. The van der Waals surface area contributed by atoms with Crippen molar-refractivity contribution in [3.63, 3.8) is 0 Å². The maximum Gasteiger partial charge on any atom is 0.482 e. The number of sulfone groups is 2. The molecule has 0 aliphatic heterocycles. The Labute approximate surface area is 226 Å². The van der Waals surface area contributed by atoms with Gasteiger partial charge in [0.1, 0.15) is 5.75 Å². The van der Waals surface area contributed by atoms with Gasteiger partial charge in [-0.25, -0.2) is 16.8 Å². The highest BCUT2D eigenvalue weighted by atomic mass is 32.3. The fourth-order valence-electron chi connectivity index (χ4n) is 5.78. The number of benzene rings is 1. The Hall–Kier alpha value is -1.27. The van der Waals surface area contributed by atoms with E-state index in [1.807, 2.05) is 12.1 Å². The summed E-state index contributed by atoms with van der Waals surface area (Å²) in [7, 11) is -16.5. The van der Waals surface area contributed by atoms with E-state index in [1.54, 1.807) is 0 Å². The van der Waals surface area contributed by atoms with E-state index in [2.05, 4.69) is 13.8 Å². The van der Waals surface area contributed by atoms with Crippen molar-refractivity contribution in [2.45, 2.75) is 113 Å². The van der Waals surface area contributed by atoms with E-state index in [0.29, 0.717) is 17.4 Å². The van der Waals surface area contributed by atoms with Crippen LogP contribution in [-0.4, -0.2) is 41.2 Å². The van der Waals surface area contributed by atoms with Gasteiger partial charge in [0.2, 0.25) is 9.84 Å². The second-order valence-corrected chi connectivity index (χ2v) is 17.4. The number of halogens is 2. The highest BCUT2D eigenvalue weighted by Gasteiger charge is 2.61. The van der Waals surface area contributed by atoms with Crippen molar-refractivity contribution in [1.29, 1.82) is 0 Å². The van der Waals surface area contributed by atoms with Crippen molar-refractivity contribution in [1.82, 2.24) is 0 Å². The van der Waals surface area contributed by atoms with Gasteiger partial charge in [0.25, 0.3) is 0 Å². The molecular weight excluding hydrogens is 558 g/mol. The van der Waals surface area contributed by atoms with Crippen LogP contribution < -0.4 is 4.18 Å². The molecule has 1 aromatic carbocycles. The van der Waals surface area contributed by atoms with Crippen LogP contribution >= 0.6 is 0 Å². The summed E-state index contributed by atoms with van der Waals surface area (Å²) in [4.78, 5) is 0. The summed E-state index contributed by atoms with van der Waals surface area (Å²) >= 11 is 0. The van der Waals surface area contributed by atoms with Gasteiger partial charge in [-0.1, -0.05) is 70.9 Å². The van der Waals surface area contributed by atoms with E-state index in [1.165, 1.54) is 0 Å². The van der Waals surface area contributed by atoms with E-state index in [0.717, 1.165) is 82.6 Å². The molecule has 1 aromatic rings. The first-order valence-electron chi connectivity index (χ1n) is 13.5. The minimum Gasteiger partial charge on any atom is -0.377 e. The minimum absolute atomic E-state index is 0.105.